The van der Waals surface area contributed by atoms with E-state index >= 15 is 0 Å². The molecule has 1 aliphatic carbocycles. The van der Waals surface area contributed by atoms with Crippen LogP contribution >= 0.6 is 0 Å². The maximum absolute atomic E-state index is 12.6. The van der Waals surface area contributed by atoms with Crippen LogP contribution in [0.1, 0.15) is 30.4 Å². The Morgan fingerprint density at radius 3 is 2.71 bits per heavy atom. The highest BCUT2D eigenvalue weighted by Gasteiger charge is 2.42. The van der Waals surface area contributed by atoms with Crippen molar-refractivity contribution in [2.24, 2.45) is 11.7 Å². The highest BCUT2D eigenvalue weighted by molar-refractivity contribution is 7.89. The Hall–Kier alpha value is -0.950. The lowest BCUT2D eigenvalue weighted by Crippen LogP contribution is -2.41. The first-order valence-corrected chi connectivity index (χ1v) is 8.93. The lowest BCUT2D eigenvalue weighted by Gasteiger charge is -2.20. The Morgan fingerprint density at radius 1 is 1.33 bits per heavy atom. The van der Waals surface area contributed by atoms with Crippen LogP contribution in [0.4, 0.5) is 0 Å². The van der Waals surface area contributed by atoms with Crippen LogP contribution in [-0.4, -0.2) is 27.2 Å². The molecule has 21 heavy (non-hydrogen) atoms. The fourth-order valence-electron chi connectivity index (χ4n) is 3.03. The zero-order valence-electron chi connectivity index (χ0n) is 12.2. The van der Waals surface area contributed by atoms with E-state index in [1.165, 1.54) is 0 Å². The van der Waals surface area contributed by atoms with Crippen molar-refractivity contribution in [1.82, 2.24) is 4.72 Å². The van der Waals surface area contributed by atoms with Gasteiger partial charge in [-0.2, -0.15) is 0 Å². The molecule has 1 saturated carbocycles. The quantitative estimate of drug-likeness (QED) is 0.859. The first kappa shape index (κ1) is 15.0. The Labute approximate surface area is 125 Å². The van der Waals surface area contributed by atoms with Crippen LogP contribution < -0.4 is 10.5 Å². The highest BCUT2D eigenvalue weighted by Crippen LogP contribution is 2.39. The molecule has 1 aliphatic heterocycles. The number of sulfonamides is 1. The number of hydrogen-bond acceptors (Lipinski definition) is 4. The van der Waals surface area contributed by atoms with E-state index in [1.54, 1.807) is 19.1 Å². The Bertz CT molecular complexity index is 626. The molecule has 2 atom stereocenters. The topological polar surface area (TPSA) is 81.4 Å². The molecule has 1 saturated heterocycles. The van der Waals surface area contributed by atoms with Gasteiger partial charge in [0.1, 0.15) is 0 Å². The second-order valence-electron chi connectivity index (χ2n) is 5.99. The van der Waals surface area contributed by atoms with Crippen LogP contribution in [0.3, 0.4) is 0 Å². The Morgan fingerprint density at radius 2 is 2.10 bits per heavy atom. The Kier molecular flexibility index (Phi) is 4.05. The molecule has 3 rings (SSSR count). The van der Waals surface area contributed by atoms with E-state index in [-0.39, 0.29) is 12.1 Å². The predicted molar refractivity (Wildman–Crippen MR) is 80.3 cm³/mol. The molecule has 2 unspecified atom stereocenters. The van der Waals surface area contributed by atoms with Gasteiger partial charge >= 0.3 is 0 Å². The third-order valence-electron chi connectivity index (χ3n) is 4.29. The first-order valence-electron chi connectivity index (χ1n) is 7.45. The average Bonchev–Trinajstić information content (AvgIpc) is 3.19. The summed E-state index contributed by atoms with van der Waals surface area (Å²) in [6.07, 6.45) is 3.09. The van der Waals surface area contributed by atoms with Gasteiger partial charge in [-0.3, -0.25) is 0 Å². The number of hydrogen-bond donors (Lipinski definition) is 2. The molecule has 0 aromatic heterocycles. The molecule has 6 heteroatoms. The van der Waals surface area contributed by atoms with Crippen LogP contribution in [0.15, 0.2) is 23.1 Å². The van der Waals surface area contributed by atoms with Crippen molar-refractivity contribution >= 4 is 10.0 Å². The number of benzene rings is 1. The zero-order chi connectivity index (χ0) is 15.0. The van der Waals surface area contributed by atoms with Crippen molar-refractivity contribution in [3.63, 3.8) is 0 Å². The standard InChI is InChI=1S/C15H22N2O3S/c1-10-8-11(9-16)2-5-14(10)21(18,19)17-13-6-7-20-15(13)12-3-4-12/h2,5,8,12-13,15,17H,3-4,6-7,9,16H2,1H3. The third kappa shape index (κ3) is 3.13. The van der Waals surface area contributed by atoms with Gasteiger partial charge in [0.25, 0.3) is 0 Å². The summed E-state index contributed by atoms with van der Waals surface area (Å²) in [6, 6.07) is 5.14. The van der Waals surface area contributed by atoms with E-state index in [2.05, 4.69) is 4.72 Å². The van der Waals surface area contributed by atoms with Crippen molar-refractivity contribution in [2.45, 2.75) is 49.8 Å². The highest BCUT2D eigenvalue weighted by atomic mass is 32.2. The zero-order valence-corrected chi connectivity index (χ0v) is 13.0. The van der Waals surface area contributed by atoms with Gasteiger partial charge in [-0.05, 0) is 49.3 Å². The van der Waals surface area contributed by atoms with Gasteiger partial charge in [-0.1, -0.05) is 12.1 Å². The van der Waals surface area contributed by atoms with Gasteiger partial charge in [-0.25, -0.2) is 13.1 Å². The lowest BCUT2D eigenvalue weighted by atomic mass is 10.1. The normalized spacial score (nSPS) is 26.2. The van der Waals surface area contributed by atoms with Gasteiger partial charge < -0.3 is 10.5 Å². The Balaban J connectivity index is 1.80. The summed E-state index contributed by atoms with van der Waals surface area (Å²) in [5, 5.41) is 0. The fourth-order valence-corrected chi connectivity index (χ4v) is 4.54. The number of nitrogens with one attached hydrogen (secondary N) is 1. The van der Waals surface area contributed by atoms with E-state index in [1.807, 2.05) is 6.07 Å². The largest absolute Gasteiger partial charge is 0.376 e. The van der Waals surface area contributed by atoms with Crippen molar-refractivity contribution in [3.8, 4) is 0 Å². The minimum Gasteiger partial charge on any atom is -0.376 e. The average molecular weight is 310 g/mol. The van der Waals surface area contributed by atoms with Gasteiger partial charge in [0.15, 0.2) is 0 Å². The van der Waals surface area contributed by atoms with Crippen molar-refractivity contribution in [2.75, 3.05) is 6.61 Å². The minimum atomic E-state index is -3.51. The molecule has 2 aliphatic rings. The SMILES string of the molecule is Cc1cc(CN)ccc1S(=O)(=O)NC1CCOC1C1CC1. The molecule has 116 valence electrons. The molecule has 0 amide bonds. The summed E-state index contributed by atoms with van der Waals surface area (Å²) in [7, 11) is -3.51. The number of ether oxygens (including phenoxy) is 1. The molecular formula is C15H22N2O3S. The third-order valence-corrected chi connectivity index (χ3v) is 5.94. The van der Waals surface area contributed by atoms with Crippen molar-refractivity contribution in [3.05, 3.63) is 29.3 Å². The molecule has 3 N–H and O–H groups in total. The molecule has 1 heterocycles. The van der Waals surface area contributed by atoms with E-state index in [0.29, 0.717) is 24.0 Å². The molecule has 5 nitrogen and oxygen atoms in total. The van der Waals surface area contributed by atoms with Gasteiger partial charge in [0.2, 0.25) is 10.0 Å². The molecular weight excluding hydrogens is 288 g/mol. The number of aryl methyl sites for hydroxylation is 1. The van der Waals surface area contributed by atoms with Gasteiger partial charge in [0, 0.05) is 13.2 Å². The monoisotopic (exact) mass is 310 g/mol. The summed E-state index contributed by atoms with van der Waals surface area (Å²) < 4.78 is 33.7. The summed E-state index contributed by atoms with van der Waals surface area (Å²) in [4.78, 5) is 0.334. The number of rotatable bonds is 5. The summed E-state index contributed by atoms with van der Waals surface area (Å²) >= 11 is 0. The minimum absolute atomic E-state index is 0.0448. The van der Waals surface area contributed by atoms with Crippen LogP contribution in [0.2, 0.25) is 0 Å². The van der Waals surface area contributed by atoms with E-state index < -0.39 is 10.0 Å². The molecule has 0 spiro atoms. The van der Waals surface area contributed by atoms with Crippen molar-refractivity contribution < 1.29 is 13.2 Å². The van der Waals surface area contributed by atoms with Crippen LogP contribution in [0, 0.1) is 12.8 Å². The summed E-state index contributed by atoms with van der Waals surface area (Å²) in [5.41, 5.74) is 7.25. The molecule has 0 bridgehead atoms. The lowest BCUT2D eigenvalue weighted by molar-refractivity contribution is 0.0848. The maximum atomic E-state index is 12.6. The summed E-state index contributed by atoms with van der Waals surface area (Å²) in [5.74, 6) is 0.529. The second kappa shape index (κ2) is 5.68. The summed E-state index contributed by atoms with van der Waals surface area (Å²) in [6.45, 7) is 2.85. The van der Waals surface area contributed by atoms with Crippen LogP contribution in [0.5, 0.6) is 0 Å². The maximum Gasteiger partial charge on any atom is 0.241 e. The first-order chi connectivity index (χ1) is 10.0. The second-order valence-corrected chi connectivity index (χ2v) is 7.68. The molecule has 2 fully saturated rings. The van der Waals surface area contributed by atoms with Crippen LogP contribution in [0.25, 0.3) is 0 Å². The van der Waals surface area contributed by atoms with E-state index in [9.17, 15) is 8.42 Å². The molecule has 1 aromatic rings. The molecule has 0 radical (unpaired) electrons. The number of nitrogens with two attached hydrogens (primary N) is 1. The van der Waals surface area contributed by atoms with Crippen LogP contribution in [-0.2, 0) is 21.3 Å². The van der Waals surface area contributed by atoms with E-state index in [4.69, 9.17) is 10.5 Å². The predicted octanol–water partition coefficient (Wildman–Crippen LogP) is 1.30. The van der Waals surface area contributed by atoms with Gasteiger partial charge in [0.05, 0.1) is 17.0 Å². The molecule has 1 aromatic carbocycles. The smallest absolute Gasteiger partial charge is 0.241 e. The fraction of sp³-hybridized carbons (Fsp3) is 0.600. The van der Waals surface area contributed by atoms with Gasteiger partial charge in [-0.15, -0.1) is 0 Å². The van der Waals surface area contributed by atoms with E-state index in [0.717, 1.165) is 30.4 Å². The van der Waals surface area contributed by atoms with Crippen molar-refractivity contribution in [1.29, 1.82) is 0 Å².